The van der Waals surface area contributed by atoms with Gasteiger partial charge in [0.15, 0.2) is 5.16 Å². The molecule has 4 nitrogen and oxygen atoms in total. The molecule has 0 aliphatic carbocycles. The number of primary amides is 1. The molecule has 0 saturated carbocycles. The van der Waals surface area contributed by atoms with Crippen LogP contribution in [0.3, 0.4) is 0 Å². The molecule has 0 fully saturated rings. The van der Waals surface area contributed by atoms with Gasteiger partial charge in [-0.2, -0.15) is 0 Å². The molecular weight excluding hydrogens is 222 g/mol. The maximum Gasteiger partial charge on any atom is 0.241 e. The van der Waals surface area contributed by atoms with Gasteiger partial charge in [-0.25, -0.2) is 9.97 Å². The van der Waals surface area contributed by atoms with Crippen molar-refractivity contribution in [1.29, 1.82) is 0 Å². The van der Waals surface area contributed by atoms with E-state index in [1.165, 1.54) is 23.9 Å². The fourth-order valence-electron chi connectivity index (χ4n) is 0.737. The summed E-state index contributed by atoms with van der Waals surface area (Å²) in [6.07, 6.45) is 6.09. The van der Waals surface area contributed by atoms with E-state index in [1.807, 2.05) is 6.26 Å². The van der Waals surface area contributed by atoms with E-state index in [0.717, 1.165) is 0 Å². The lowest BCUT2D eigenvalue weighted by Crippen LogP contribution is -2.05. The maximum atomic E-state index is 10.5. The third-order valence-corrected chi connectivity index (χ3v) is 2.22. The Balaban J connectivity index is 2.94. The minimum atomic E-state index is -0.532. The van der Waals surface area contributed by atoms with E-state index in [1.54, 1.807) is 6.20 Å². The van der Waals surface area contributed by atoms with Crippen LogP contribution in [0.4, 0.5) is 0 Å². The van der Waals surface area contributed by atoms with Gasteiger partial charge in [-0.05, 0) is 12.3 Å². The van der Waals surface area contributed by atoms with Crippen molar-refractivity contribution < 1.29 is 4.79 Å². The van der Waals surface area contributed by atoms with Gasteiger partial charge in [-0.15, -0.1) is 0 Å². The molecule has 0 radical (unpaired) electrons. The molecule has 14 heavy (non-hydrogen) atoms. The van der Waals surface area contributed by atoms with E-state index in [4.69, 9.17) is 17.3 Å². The molecule has 0 unspecified atom stereocenters. The molecule has 1 aromatic rings. The summed E-state index contributed by atoms with van der Waals surface area (Å²) in [5.74, 6) is -0.532. The van der Waals surface area contributed by atoms with E-state index in [2.05, 4.69) is 9.97 Å². The summed E-state index contributed by atoms with van der Waals surface area (Å²) in [4.78, 5) is 18.4. The summed E-state index contributed by atoms with van der Waals surface area (Å²) < 4.78 is 0. The lowest BCUT2D eigenvalue weighted by atomic mass is 10.3. The molecule has 1 aromatic heterocycles. The number of carbonyl (C=O) groups excluding carboxylic acids is 1. The van der Waals surface area contributed by atoms with Gasteiger partial charge in [0.1, 0.15) is 5.15 Å². The van der Waals surface area contributed by atoms with Crippen molar-refractivity contribution in [2.45, 2.75) is 5.16 Å². The lowest BCUT2D eigenvalue weighted by Gasteiger charge is -1.98. The van der Waals surface area contributed by atoms with Crippen molar-refractivity contribution in [1.82, 2.24) is 9.97 Å². The molecule has 0 aromatic carbocycles. The second kappa shape index (κ2) is 4.97. The average Bonchev–Trinajstić information content (AvgIpc) is 2.15. The minimum Gasteiger partial charge on any atom is -0.366 e. The van der Waals surface area contributed by atoms with Crippen molar-refractivity contribution in [2.24, 2.45) is 5.73 Å². The van der Waals surface area contributed by atoms with Crippen LogP contribution in [-0.2, 0) is 4.79 Å². The van der Waals surface area contributed by atoms with E-state index in [-0.39, 0.29) is 0 Å². The Morgan fingerprint density at radius 2 is 2.43 bits per heavy atom. The number of rotatable bonds is 3. The molecule has 2 N–H and O–H groups in total. The molecule has 1 heterocycles. The van der Waals surface area contributed by atoms with E-state index in [0.29, 0.717) is 15.9 Å². The fourth-order valence-corrected chi connectivity index (χ4v) is 1.32. The van der Waals surface area contributed by atoms with E-state index >= 15 is 0 Å². The number of nitrogens with two attached hydrogens (primary N) is 1. The van der Waals surface area contributed by atoms with Crippen LogP contribution in [0, 0.1) is 0 Å². The van der Waals surface area contributed by atoms with Gasteiger partial charge in [0.05, 0.1) is 0 Å². The Morgan fingerprint density at radius 1 is 1.71 bits per heavy atom. The number of carbonyl (C=O) groups is 1. The van der Waals surface area contributed by atoms with Crippen molar-refractivity contribution in [3.05, 3.63) is 23.0 Å². The Labute approximate surface area is 90.6 Å². The highest BCUT2D eigenvalue weighted by molar-refractivity contribution is 7.98. The summed E-state index contributed by atoms with van der Waals surface area (Å²) in [6.45, 7) is 0. The zero-order chi connectivity index (χ0) is 10.6. The predicted molar refractivity (Wildman–Crippen MR) is 57.1 cm³/mol. The van der Waals surface area contributed by atoms with Crippen LogP contribution in [-0.4, -0.2) is 22.1 Å². The minimum absolute atomic E-state index is 0.307. The first-order valence-corrected chi connectivity index (χ1v) is 5.28. The van der Waals surface area contributed by atoms with E-state index in [9.17, 15) is 4.79 Å². The van der Waals surface area contributed by atoms with Gasteiger partial charge in [-0.1, -0.05) is 23.4 Å². The molecule has 6 heteroatoms. The van der Waals surface area contributed by atoms with Crippen LogP contribution < -0.4 is 5.73 Å². The molecule has 0 aliphatic rings. The quantitative estimate of drug-likeness (QED) is 0.368. The number of hydrogen-bond donors (Lipinski definition) is 1. The van der Waals surface area contributed by atoms with Gasteiger partial charge >= 0.3 is 0 Å². The number of aromatic nitrogens is 2. The van der Waals surface area contributed by atoms with Gasteiger partial charge in [0.2, 0.25) is 5.91 Å². The van der Waals surface area contributed by atoms with Crippen molar-refractivity contribution in [3.63, 3.8) is 0 Å². The first-order valence-electron chi connectivity index (χ1n) is 3.67. The summed E-state index contributed by atoms with van der Waals surface area (Å²) in [7, 11) is 0. The maximum absolute atomic E-state index is 10.5. The number of halogens is 1. The third kappa shape index (κ3) is 3.01. The van der Waals surface area contributed by atoms with Crippen LogP contribution in [0.25, 0.3) is 6.08 Å². The highest BCUT2D eigenvalue weighted by atomic mass is 35.5. The number of amides is 1. The number of hydrogen-bond acceptors (Lipinski definition) is 4. The molecule has 0 saturated heterocycles. The van der Waals surface area contributed by atoms with Gasteiger partial charge < -0.3 is 5.73 Å². The normalized spacial score (nSPS) is 10.7. The Kier molecular flexibility index (Phi) is 3.91. The van der Waals surface area contributed by atoms with Crippen LogP contribution in [0.5, 0.6) is 0 Å². The van der Waals surface area contributed by atoms with Crippen molar-refractivity contribution in [3.8, 4) is 0 Å². The van der Waals surface area contributed by atoms with Crippen LogP contribution in [0.2, 0.25) is 5.15 Å². The second-order valence-corrected chi connectivity index (χ2v) is 3.47. The van der Waals surface area contributed by atoms with Crippen LogP contribution in [0.15, 0.2) is 17.4 Å². The highest BCUT2D eigenvalue weighted by Gasteiger charge is 2.01. The monoisotopic (exact) mass is 229 g/mol. The SMILES string of the molecule is CSc1ncc(C=CC(N)=O)c(Cl)n1. The van der Waals surface area contributed by atoms with Crippen LogP contribution in [0.1, 0.15) is 5.56 Å². The molecule has 1 rings (SSSR count). The van der Waals surface area contributed by atoms with Crippen molar-refractivity contribution >= 4 is 35.3 Å². The molecular formula is C8H8ClN3OS. The Morgan fingerprint density at radius 3 is 2.93 bits per heavy atom. The standard InChI is InChI=1S/C8H8ClN3OS/c1-14-8-11-4-5(7(9)12-8)2-3-6(10)13/h2-4H,1H3,(H2,10,13). The summed E-state index contributed by atoms with van der Waals surface area (Å²) >= 11 is 7.22. The lowest BCUT2D eigenvalue weighted by molar-refractivity contribution is -0.113. The second-order valence-electron chi connectivity index (χ2n) is 2.34. The smallest absolute Gasteiger partial charge is 0.241 e. The van der Waals surface area contributed by atoms with Crippen LogP contribution >= 0.6 is 23.4 Å². The highest BCUT2D eigenvalue weighted by Crippen LogP contribution is 2.17. The molecule has 0 atom stereocenters. The zero-order valence-electron chi connectivity index (χ0n) is 7.40. The van der Waals surface area contributed by atoms with Gasteiger partial charge in [0.25, 0.3) is 0 Å². The van der Waals surface area contributed by atoms with Crippen molar-refractivity contribution in [2.75, 3.05) is 6.26 Å². The summed E-state index contributed by atoms with van der Waals surface area (Å²) in [5.41, 5.74) is 5.51. The molecule has 0 bridgehead atoms. The molecule has 0 aliphatic heterocycles. The first kappa shape index (κ1) is 11.0. The van der Waals surface area contributed by atoms with E-state index < -0.39 is 5.91 Å². The zero-order valence-corrected chi connectivity index (χ0v) is 8.97. The molecule has 74 valence electrons. The summed E-state index contributed by atoms with van der Waals surface area (Å²) in [5, 5.41) is 0.896. The molecule has 1 amide bonds. The Hall–Kier alpha value is -1.07. The summed E-state index contributed by atoms with van der Waals surface area (Å²) in [6, 6.07) is 0. The third-order valence-electron chi connectivity index (χ3n) is 1.36. The largest absolute Gasteiger partial charge is 0.366 e. The molecule has 0 spiro atoms. The topological polar surface area (TPSA) is 68.9 Å². The average molecular weight is 230 g/mol. The van der Waals surface area contributed by atoms with Gasteiger partial charge in [0, 0.05) is 17.8 Å². The van der Waals surface area contributed by atoms with Gasteiger partial charge in [-0.3, -0.25) is 4.79 Å². The number of nitrogens with zero attached hydrogens (tertiary/aromatic N) is 2. The predicted octanol–water partition coefficient (Wildman–Crippen LogP) is 1.35. The Bertz CT molecular complexity index is 381. The number of thioether (sulfide) groups is 1. The fraction of sp³-hybridized carbons (Fsp3) is 0.125. The first-order chi connectivity index (χ1) is 6.63.